The van der Waals surface area contributed by atoms with Gasteiger partial charge in [0.2, 0.25) is 0 Å². The molecule has 4 heteroatoms. The first-order valence-electron chi connectivity index (χ1n) is 3.74. The van der Waals surface area contributed by atoms with Gasteiger partial charge in [0, 0.05) is 5.69 Å². The molecule has 1 N–H and O–H groups in total. The molecule has 0 saturated heterocycles. The normalized spacial score (nSPS) is 8.25. The third-order valence-corrected chi connectivity index (χ3v) is 1.32. The number of ether oxygens (including phenoxy) is 1. The summed E-state index contributed by atoms with van der Waals surface area (Å²) < 4.78 is 4.15. The van der Waals surface area contributed by atoms with Gasteiger partial charge in [-0.25, -0.2) is 0 Å². The van der Waals surface area contributed by atoms with Crippen molar-refractivity contribution in [1.82, 2.24) is 10.2 Å². The van der Waals surface area contributed by atoms with Gasteiger partial charge >= 0.3 is 0 Å². The lowest BCUT2D eigenvalue weighted by Crippen LogP contribution is -1.80. The van der Waals surface area contributed by atoms with E-state index >= 15 is 0 Å². The second-order valence-electron chi connectivity index (χ2n) is 2.23. The van der Waals surface area contributed by atoms with E-state index in [9.17, 15) is 4.79 Å². The van der Waals surface area contributed by atoms with Crippen LogP contribution in [0.5, 0.6) is 0 Å². The van der Waals surface area contributed by atoms with Crippen LogP contribution in [-0.4, -0.2) is 23.3 Å². The topological polar surface area (TPSA) is 55.0 Å². The fourth-order valence-corrected chi connectivity index (χ4v) is 0.479. The third-order valence-electron chi connectivity index (χ3n) is 1.32. The minimum Gasteiger partial charge on any atom is -0.468 e. The van der Waals surface area contributed by atoms with E-state index in [2.05, 4.69) is 14.9 Å². The maximum atomic E-state index is 9.18. The molecule has 0 aliphatic heterocycles. The first-order valence-corrected chi connectivity index (χ1v) is 3.74. The lowest BCUT2D eigenvalue weighted by atomic mass is 10.3. The van der Waals surface area contributed by atoms with Crippen LogP contribution in [0.1, 0.15) is 18.2 Å². The number of aromatic nitrogens is 2. The van der Waals surface area contributed by atoms with Crippen LogP contribution in [0.25, 0.3) is 0 Å². The minimum absolute atomic E-state index is 0.431. The zero-order valence-electron chi connectivity index (χ0n) is 7.63. The number of nitrogens with zero attached hydrogens (tertiary/aromatic N) is 1. The number of rotatable bonds is 2. The number of carbonyl (C=O) groups excluding carboxylic acids is 1. The Morgan fingerprint density at radius 1 is 1.67 bits per heavy atom. The van der Waals surface area contributed by atoms with Crippen molar-refractivity contribution >= 4 is 6.47 Å². The van der Waals surface area contributed by atoms with Gasteiger partial charge in [-0.1, -0.05) is 0 Å². The van der Waals surface area contributed by atoms with Crippen LogP contribution < -0.4 is 0 Å². The van der Waals surface area contributed by atoms with Gasteiger partial charge in [0.05, 0.1) is 12.8 Å². The predicted octanol–water partition coefficient (Wildman–Crippen LogP) is 1.21. The first-order chi connectivity index (χ1) is 5.72. The summed E-state index contributed by atoms with van der Waals surface area (Å²) in [5.41, 5.74) is 2.38. The molecule has 1 aromatic rings. The minimum atomic E-state index is 0.431. The highest BCUT2D eigenvalue weighted by atomic mass is 16.5. The molecular formula is C8H14N2O2. The molecule has 0 radical (unpaired) electrons. The van der Waals surface area contributed by atoms with Crippen LogP contribution in [0.3, 0.4) is 0 Å². The van der Waals surface area contributed by atoms with Crippen LogP contribution >= 0.6 is 0 Å². The standard InChI is InChI=1S/C5H8N2.C3H6O2/c1-4-3-6-7-5(4)2;1-2-5-3-4/h3H,1-2H3,(H,6,7);3H,2H2,1H3. The highest BCUT2D eigenvalue weighted by Gasteiger charge is 1.87. The van der Waals surface area contributed by atoms with Gasteiger partial charge in [-0.3, -0.25) is 9.89 Å². The number of hydrogen-bond donors (Lipinski definition) is 1. The van der Waals surface area contributed by atoms with Crippen molar-refractivity contribution in [3.05, 3.63) is 17.5 Å². The van der Waals surface area contributed by atoms with E-state index in [1.807, 2.05) is 20.0 Å². The maximum Gasteiger partial charge on any atom is 0.293 e. The summed E-state index contributed by atoms with van der Waals surface area (Å²) in [6.45, 7) is 6.69. The van der Waals surface area contributed by atoms with E-state index in [1.165, 1.54) is 5.56 Å². The Kier molecular flexibility index (Phi) is 5.69. The Balaban J connectivity index is 0.000000217. The van der Waals surface area contributed by atoms with Crippen LogP contribution in [0.15, 0.2) is 6.20 Å². The molecule has 12 heavy (non-hydrogen) atoms. The highest BCUT2D eigenvalue weighted by Crippen LogP contribution is 1.96. The van der Waals surface area contributed by atoms with Crippen LogP contribution in [0, 0.1) is 13.8 Å². The fourth-order valence-electron chi connectivity index (χ4n) is 0.479. The molecule has 0 fully saturated rings. The summed E-state index contributed by atoms with van der Waals surface area (Å²) in [5, 5.41) is 6.61. The molecule has 0 aromatic carbocycles. The van der Waals surface area contributed by atoms with Gasteiger partial charge in [0.15, 0.2) is 0 Å². The van der Waals surface area contributed by atoms with Gasteiger partial charge < -0.3 is 4.74 Å². The molecule has 0 amide bonds. The van der Waals surface area contributed by atoms with Crippen molar-refractivity contribution in [2.75, 3.05) is 6.61 Å². The number of hydrogen-bond acceptors (Lipinski definition) is 3. The molecule has 0 unspecified atom stereocenters. The summed E-state index contributed by atoms with van der Waals surface area (Å²) in [6, 6.07) is 0. The van der Waals surface area contributed by atoms with Gasteiger partial charge in [-0.05, 0) is 26.3 Å². The highest BCUT2D eigenvalue weighted by molar-refractivity contribution is 5.36. The molecule has 0 aliphatic rings. The molecule has 0 aliphatic carbocycles. The number of H-pyrrole nitrogens is 1. The number of aromatic amines is 1. The van der Waals surface area contributed by atoms with E-state index < -0.39 is 0 Å². The Labute approximate surface area is 71.9 Å². The number of carbonyl (C=O) groups is 1. The molecule has 0 atom stereocenters. The van der Waals surface area contributed by atoms with Gasteiger partial charge in [0.25, 0.3) is 6.47 Å². The van der Waals surface area contributed by atoms with Crippen molar-refractivity contribution in [3.63, 3.8) is 0 Å². The number of aryl methyl sites for hydroxylation is 2. The van der Waals surface area contributed by atoms with Crippen molar-refractivity contribution in [1.29, 1.82) is 0 Å². The zero-order chi connectivity index (χ0) is 9.40. The van der Waals surface area contributed by atoms with Gasteiger partial charge in [-0.15, -0.1) is 0 Å². The SMILES string of the molecule is CCOC=O.Cc1cn[nH]c1C. The second kappa shape index (κ2) is 6.39. The first kappa shape index (κ1) is 10.7. The van der Waals surface area contributed by atoms with Crippen molar-refractivity contribution < 1.29 is 9.53 Å². The van der Waals surface area contributed by atoms with Crippen LogP contribution in [0.2, 0.25) is 0 Å². The molecule has 4 nitrogen and oxygen atoms in total. The molecule has 0 saturated carbocycles. The van der Waals surface area contributed by atoms with E-state index in [0.29, 0.717) is 13.1 Å². The fraction of sp³-hybridized carbons (Fsp3) is 0.500. The Bertz CT molecular complexity index is 204. The molecular weight excluding hydrogens is 156 g/mol. The lowest BCUT2D eigenvalue weighted by molar-refractivity contribution is -0.128. The lowest BCUT2D eigenvalue weighted by Gasteiger charge is -1.79. The van der Waals surface area contributed by atoms with Crippen LogP contribution in [-0.2, 0) is 9.53 Å². The van der Waals surface area contributed by atoms with Crippen molar-refractivity contribution in [3.8, 4) is 0 Å². The summed E-state index contributed by atoms with van der Waals surface area (Å²) >= 11 is 0. The average molecular weight is 170 g/mol. The van der Waals surface area contributed by atoms with E-state index in [-0.39, 0.29) is 0 Å². The summed E-state index contributed by atoms with van der Waals surface area (Å²) in [5.74, 6) is 0. The Morgan fingerprint density at radius 2 is 2.33 bits per heavy atom. The second-order valence-corrected chi connectivity index (χ2v) is 2.23. The van der Waals surface area contributed by atoms with E-state index in [0.717, 1.165) is 5.69 Å². The monoisotopic (exact) mass is 170 g/mol. The van der Waals surface area contributed by atoms with Crippen molar-refractivity contribution in [2.45, 2.75) is 20.8 Å². The van der Waals surface area contributed by atoms with Gasteiger partial charge in [-0.2, -0.15) is 5.10 Å². The van der Waals surface area contributed by atoms with Crippen LogP contribution in [0.4, 0.5) is 0 Å². The quantitative estimate of drug-likeness (QED) is 0.678. The molecule has 1 aromatic heterocycles. The predicted molar refractivity (Wildman–Crippen MR) is 45.8 cm³/mol. The number of nitrogens with one attached hydrogen (secondary N) is 1. The molecule has 1 heterocycles. The van der Waals surface area contributed by atoms with Crippen molar-refractivity contribution in [2.24, 2.45) is 0 Å². The molecule has 0 bridgehead atoms. The summed E-state index contributed by atoms with van der Waals surface area (Å²) in [4.78, 5) is 9.18. The molecule has 68 valence electrons. The smallest absolute Gasteiger partial charge is 0.293 e. The maximum absolute atomic E-state index is 9.18. The summed E-state index contributed by atoms with van der Waals surface area (Å²) in [6.07, 6.45) is 1.81. The van der Waals surface area contributed by atoms with Gasteiger partial charge in [0.1, 0.15) is 0 Å². The zero-order valence-corrected chi connectivity index (χ0v) is 7.63. The average Bonchev–Trinajstić information content (AvgIpc) is 2.39. The Hall–Kier alpha value is -1.32. The largest absolute Gasteiger partial charge is 0.468 e. The Morgan fingerprint density at radius 3 is 2.42 bits per heavy atom. The van der Waals surface area contributed by atoms with E-state index in [4.69, 9.17) is 0 Å². The third kappa shape index (κ3) is 4.49. The molecule has 0 spiro atoms. The van der Waals surface area contributed by atoms with E-state index in [1.54, 1.807) is 6.92 Å². The molecule has 1 rings (SSSR count). The summed E-state index contributed by atoms with van der Waals surface area (Å²) in [7, 11) is 0.